The molecule has 0 aliphatic heterocycles. The molecular weight excluding hydrogens is 240 g/mol. The molecule has 0 unspecified atom stereocenters. The van der Waals surface area contributed by atoms with Gasteiger partial charge in [-0.1, -0.05) is 24.3 Å². The summed E-state index contributed by atoms with van der Waals surface area (Å²) in [6.07, 6.45) is 1.80. The van der Waals surface area contributed by atoms with Crippen LogP contribution < -0.4 is 4.90 Å². The first-order chi connectivity index (χ1) is 9.30. The number of hydrogen-bond acceptors (Lipinski definition) is 4. The van der Waals surface area contributed by atoms with Gasteiger partial charge in [0.1, 0.15) is 0 Å². The maximum atomic E-state index is 9.31. The molecule has 2 rings (SSSR count). The lowest BCUT2D eigenvalue weighted by Crippen LogP contribution is -2.27. The van der Waals surface area contributed by atoms with E-state index >= 15 is 0 Å². The summed E-state index contributed by atoms with van der Waals surface area (Å²) in [6, 6.07) is 9.65. The zero-order chi connectivity index (χ0) is 13.7. The predicted octanol–water partition coefficient (Wildman–Crippen LogP) is 1.71. The number of pyridine rings is 1. The Morgan fingerprint density at radius 1 is 1.26 bits per heavy atom. The standard InChI is InChI=1S/C15H18N2O2/c1-2-7-17(8-9-18)15-10-12(11-19)16-14-6-4-3-5-13(14)15/h2-6,10,18-19H,1,7-9,11H2. The number of anilines is 1. The van der Waals surface area contributed by atoms with E-state index in [9.17, 15) is 10.2 Å². The highest BCUT2D eigenvalue weighted by Crippen LogP contribution is 2.26. The fourth-order valence-electron chi connectivity index (χ4n) is 2.14. The SMILES string of the molecule is C=CCN(CCO)c1cc(CO)nc2ccccc12. The molecule has 0 spiro atoms. The van der Waals surface area contributed by atoms with Gasteiger partial charge in [0.05, 0.1) is 24.4 Å². The minimum Gasteiger partial charge on any atom is -0.395 e. The summed E-state index contributed by atoms with van der Waals surface area (Å²) in [4.78, 5) is 6.42. The lowest BCUT2D eigenvalue weighted by atomic mass is 10.1. The third-order valence-electron chi connectivity index (χ3n) is 2.97. The number of rotatable bonds is 6. The smallest absolute Gasteiger partial charge is 0.0854 e. The average molecular weight is 258 g/mol. The van der Waals surface area contributed by atoms with E-state index < -0.39 is 0 Å². The third kappa shape index (κ3) is 2.92. The second-order valence-electron chi connectivity index (χ2n) is 4.27. The van der Waals surface area contributed by atoms with E-state index in [-0.39, 0.29) is 13.2 Å². The van der Waals surface area contributed by atoms with Crippen molar-refractivity contribution < 1.29 is 10.2 Å². The molecule has 4 heteroatoms. The number of nitrogens with zero attached hydrogens (tertiary/aromatic N) is 2. The van der Waals surface area contributed by atoms with Crippen LogP contribution in [0.1, 0.15) is 5.69 Å². The molecule has 0 amide bonds. The Hall–Kier alpha value is -1.91. The van der Waals surface area contributed by atoms with Crippen LogP contribution in [0.3, 0.4) is 0 Å². The first-order valence-electron chi connectivity index (χ1n) is 6.26. The van der Waals surface area contributed by atoms with Crippen molar-refractivity contribution in [2.75, 3.05) is 24.6 Å². The van der Waals surface area contributed by atoms with E-state index in [1.807, 2.05) is 35.2 Å². The van der Waals surface area contributed by atoms with Crippen LogP contribution in [0.4, 0.5) is 5.69 Å². The molecule has 2 N–H and O–H groups in total. The maximum Gasteiger partial charge on any atom is 0.0854 e. The van der Waals surface area contributed by atoms with Crippen LogP contribution in [0.15, 0.2) is 43.0 Å². The molecular formula is C15H18N2O2. The van der Waals surface area contributed by atoms with Gasteiger partial charge in [0, 0.05) is 24.2 Å². The van der Waals surface area contributed by atoms with E-state index in [2.05, 4.69) is 11.6 Å². The van der Waals surface area contributed by atoms with Gasteiger partial charge in [0.15, 0.2) is 0 Å². The molecule has 4 nitrogen and oxygen atoms in total. The highest BCUT2D eigenvalue weighted by atomic mass is 16.3. The largest absolute Gasteiger partial charge is 0.395 e. The molecule has 0 saturated carbocycles. The van der Waals surface area contributed by atoms with E-state index in [4.69, 9.17) is 0 Å². The summed E-state index contributed by atoms with van der Waals surface area (Å²) in [6.45, 7) is 4.87. The van der Waals surface area contributed by atoms with Crippen molar-refractivity contribution in [1.82, 2.24) is 4.98 Å². The molecule has 2 aromatic rings. The van der Waals surface area contributed by atoms with Crippen molar-refractivity contribution in [3.05, 3.63) is 48.7 Å². The molecule has 1 heterocycles. The Balaban J connectivity index is 2.57. The Bertz CT molecular complexity index is 569. The van der Waals surface area contributed by atoms with Gasteiger partial charge in [-0.25, -0.2) is 0 Å². The van der Waals surface area contributed by atoms with E-state index in [0.717, 1.165) is 16.6 Å². The van der Waals surface area contributed by atoms with Crippen LogP contribution in [0, 0.1) is 0 Å². The highest BCUT2D eigenvalue weighted by Gasteiger charge is 2.11. The topological polar surface area (TPSA) is 56.6 Å². The highest BCUT2D eigenvalue weighted by molar-refractivity contribution is 5.92. The van der Waals surface area contributed by atoms with Crippen molar-refractivity contribution in [2.24, 2.45) is 0 Å². The van der Waals surface area contributed by atoms with Gasteiger partial charge in [0.2, 0.25) is 0 Å². The molecule has 0 aliphatic carbocycles. The average Bonchev–Trinajstić information content (AvgIpc) is 2.46. The minimum atomic E-state index is -0.0983. The van der Waals surface area contributed by atoms with Crippen molar-refractivity contribution in [1.29, 1.82) is 0 Å². The Morgan fingerprint density at radius 3 is 2.74 bits per heavy atom. The summed E-state index contributed by atoms with van der Waals surface area (Å²) in [5.74, 6) is 0. The normalized spacial score (nSPS) is 10.6. The first-order valence-corrected chi connectivity index (χ1v) is 6.26. The molecule has 1 aromatic carbocycles. The lowest BCUT2D eigenvalue weighted by Gasteiger charge is -2.24. The summed E-state index contributed by atoms with van der Waals surface area (Å²) in [5, 5.41) is 19.5. The second-order valence-corrected chi connectivity index (χ2v) is 4.27. The van der Waals surface area contributed by atoms with Crippen molar-refractivity contribution in [3.8, 4) is 0 Å². The summed E-state index contributed by atoms with van der Waals surface area (Å²) >= 11 is 0. The number of fused-ring (bicyclic) bond motifs is 1. The number of para-hydroxylation sites is 1. The second kappa shape index (κ2) is 6.31. The van der Waals surface area contributed by atoms with E-state index in [1.54, 1.807) is 6.08 Å². The molecule has 1 aromatic heterocycles. The van der Waals surface area contributed by atoms with Gasteiger partial charge in [-0.05, 0) is 12.1 Å². The maximum absolute atomic E-state index is 9.31. The van der Waals surface area contributed by atoms with Crippen LogP contribution >= 0.6 is 0 Å². The quantitative estimate of drug-likeness (QED) is 0.775. The predicted molar refractivity (Wildman–Crippen MR) is 77.2 cm³/mol. The van der Waals surface area contributed by atoms with Crippen LogP contribution in [-0.4, -0.2) is 34.9 Å². The molecule has 0 atom stereocenters. The number of aliphatic hydroxyl groups excluding tert-OH is 2. The van der Waals surface area contributed by atoms with Crippen LogP contribution in [0.25, 0.3) is 10.9 Å². The van der Waals surface area contributed by atoms with Gasteiger partial charge in [-0.2, -0.15) is 0 Å². The van der Waals surface area contributed by atoms with E-state index in [0.29, 0.717) is 18.8 Å². The van der Waals surface area contributed by atoms with Crippen LogP contribution in [0.2, 0.25) is 0 Å². The summed E-state index contributed by atoms with van der Waals surface area (Å²) in [7, 11) is 0. The fraction of sp³-hybridized carbons (Fsp3) is 0.267. The lowest BCUT2D eigenvalue weighted by molar-refractivity contribution is 0.277. The van der Waals surface area contributed by atoms with Crippen LogP contribution in [0.5, 0.6) is 0 Å². The molecule has 0 radical (unpaired) electrons. The van der Waals surface area contributed by atoms with Gasteiger partial charge in [-0.3, -0.25) is 4.98 Å². The number of hydrogen-bond donors (Lipinski definition) is 2. The molecule has 100 valence electrons. The van der Waals surface area contributed by atoms with Crippen LogP contribution in [-0.2, 0) is 6.61 Å². The molecule has 0 fully saturated rings. The zero-order valence-electron chi connectivity index (χ0n) is 10.8. The Kier molecular flexibility index (Phi) is 4.49. The molecule has 0 saturated heterocycles. The van der Waals surface area contributed by atoms with Crippen molar-refractivity contribution in [2.45, 2.75) is 6.61 Å². The monoisotopic (exact) mass is 258 g/mol. The van der Waals surface area contributed by atoms with Crippen molar-refractivity contribution >= 4 is 16.6 Å². The van der Waals surface area contributed by atoms with Gasteiger partial charge in [0.25, 0.3) is 0 Å². The minimum absolute atomic E-state index is 0.0684. The van der Waals surface area contributed by atoms with Gasteiger partial charge < -0.3 is 15.1 Å². The number of benzene rings is 1. The van der Waals surface area contributed by atoms with E-state index in [1.165, 1.54) is 0 Å². The molecule has 0 bridgehead atoms. The van der Waals surface area contributed by atoms with Crippen molar-refractivity contribution in [3.63, 3.8) is 0 Å². The van der Waals surface area contributed by atoms with Gasteiger partial charge >= 0.3 is 0 Å². The molecule has 19 heavy (non-hydrogen) atoms. The third-order valence-corrected chi connectivity index (χ3v) is 2.97. The summed E-state index contributed by atoms with van der Waals surface area (Å²) < 4.78 is 0. The Morgan fingerprint density at radius 2 is 2.05 bits per heavy atom. The first kappa shape index (κ1) is 13.5. The zero-order valence-corrected chi connectivity index (χ0v) is 10.8. The fourth-order valence-corrected chi connectivity index (χ4v) is 2.14. The number of aromatic nitrogens is 1. The summed E-state index contributed by atoms with van der Waals surface area (Å²) in [5.41, 5.74) is 2.43. The number of aliphatic hydroxyl groups is 2. The van der Waals surface area contributed by atoms with Gasteiger partial charge in [-0.15, -0.1) is 6.58 Å². The Labute approximate surface area is 112 Å². The molecule has 0 aliphatic rings.